The van der Waals surface area contributed by atoms with E-state index < -0.39 is 0 Å². The quantitative estimate of drug-likeness (QED) is 0.608. The first-order chi connectivity index (χ1) is 8.58. The van der Waals surface area contributed by atoms with Crippen molar-refractivity contribution in [2.45, 2.75) is 37.6 Å². The first kappa shape index (κ1) is 13.6. The van der Waals surface area contributed by atoms with Crippen molar-refractivity contribution in [1.29, 1.82) is 0 Å². The zero-order valence-corrected chi connectivity index (χ0v) is 12.4. The first-order valence-electron chi connectivity index (χ1n) is 6.48. The van der Waals surface area contributed by atoms with E-state index in [0.717, 1.165) is 12.8 Å². The minimum absolute atomic E-state index is 0.0523. The molecule has 0 heterocycles. The highest BCUT2D eigenvalue weighted by Crippen LogP contribution is 2.35. The first-order valence-corrected chi connectivity index (χ1v) is 7.39. The summed E-state index contributed by atoms with van der Waals surface area (Å²) in [5, 5.41) is 0. The highest BCUT2D eigenvalue weighted by molar-refractivity contribution is 9.09. The van der Waals surface area contributed by atoms with Crippen molar-refractivity contribution >= 4 is 21.9 Å². The molecule has 1 saturated carbocycles. The Bertz CT molecular complexity index is 392. The maximum absolute atomic E-state index is 12.0. The van der Waals surface area contributed by atoms with Crippen LogP contribution in [0.15, 0.2) is 30.3 Å². The molecule has 18 heavy (non-hydrogen) atoms. The molecule has 0 saturated heterocycles. The van der Waals surface area contributed by atoms with Gasteiger partial charge in [0.25, 0.3) is 0 Å². The van der Waals surface area contributed by atoms with Gasteiger partial charge in [-0.05, 0) is 36.8 Å². The fourth-order valence-corrected chi connectivity index (χ4v) is 3.07. The lowest BCUT2D eigenvalue weighted by Gasteiger charge is -2.35. The summed E-state index contributed by atoms with van der Waals surface area (Å²) in [4.78, 5) is 12.5. The van der Waals surface area contributed by atoms with Crippen LogP contribution in [-0.2, 0) is 4.74 Å². The predicted molar refractivity (Wildman–Crippen MR) is 75.9 cm³/mol. The van der Waals surface area contributed by atoms with Crippen LogP contribution in [0.4, 0.5) is 0 Å². The van der Waals surface area contributed by atoms with Gasteiger partial charge < -0.3 is 4.74 Å². The third-order valence-electron chi connectivity index (χ3n) is 3.64. The SMILES string of the molecule is C[C@@H]1CC(OC(=O)c2ccccc2)C[C@@H](C)C1Br. The second kappa shape index (κ2) is 5.87. The molecule has 0 radical (unpaired) electrons. The number of rotatable bonds is 2. The average molecular weight is 311 g/mol. The molecule has 1 aliphatic rings. The van der Waals surface area contributed by atoms with E-state index in [0.29, 0.717) is 22.2 Å². The monoisotopic (exact) mass is 310 g/mol. The number of hydrogen-bond donors (Lipinski definition) is 0. The number of alkyl halides is 1. The van der Waals surface area contributed by atoms with Gasteiger partial charge in [-0.25, -0.2) is 4.79 Å². The van der Waals surface area contributed by atoms with Crippen LogP contribution in [0.25, 0.3) is 0 Å². The Labute approximate surface area is 117 Å². The maximum atomic E-state index is 12.0. The fourth-order valence-electron chi connectivity index (χ4n) is 2.64. The summed E-state index contributed by atoms with van der Waals surface area (Å²) in [7, 11) is 0. The molecule has 0 aromatic heterocycles. The zero-order chi connectivity index (χ0) is 13.1. The third-order valence-corrected chi connectivity index (χ3v) is 5.44. The van der Waals surface area contributed by atoms with Crippen molar-refractivity contribution < 1.29 is 9.53 Å². The zero-order valence-electron chi connectivity index (χ0n) is 10.8. The van der Waals surface area contributed by atoms with E-state index in [4.69, 9.17) is 4.74 Å². The van der Waals surface area contributed by atoms with E-state index in [1.165, 1.54) is 0 Å². The second-order valence-corrected chi connectivity index (χ2v) is 6.32. The van der Waals surface area contributed by atoms with Gasteiger partial charge in [0.05, 0.1) is 5.56 Å². The molecule has 1 fully saturated rings. The van der Waals surface area contributed by atoms with Gasteiger partial charge in [-0.3, -0.25) is 0 Å². The Kier molecular flexibility index (Phi) is 4.44. The molecular weight excluding hydrogens is 292 g/mol. The standard InChI is InChI=1S/C15H19BrO2/c1-10-8-13(9-11(2)14(10)16)18-15(17)12-6-4-3-5-7-12/h3-7,10-11,13-14H,8-9H2,1-2H3/t10-,11-,13?,14?/m1/s1. The summed E-state index contributed by atoms with van der Waals surface area (Å²) in [6, 6.07) is 9.21. The van der Waals surface area contributed by atoms with Crippen molar-refractivity contribution in [2.24, 2.45) is 11.8 Å². The molecule has 2 rings (SSSR count). The van der Waals surface area contributed by atoms with Crippen molar-refractivity contribution in [2.75, 3.05) is 0 Å². The molecule has 0 amide bonds. The molecule has 1 aliphatic carbocycles. The Morgan fingerprint density at radius 3 is 2.28 bits per heavy atom. The van der Waals surface area contributed by atoms with Gasteiger partial charge in [-0.2, -0.15) is 0 Å². The average Bonchev–Trinajstić information content (AvgIpc) is 2.37. The van der Waals surface area contributed by atoms with E-state index in [9.17, 15) is 4.79 Å². The molecule has 2 atom stereocenters. The number of carbonyl (C=O) groups excluding carboxylic acids is 1. The molecule has 0 aliphatic heterocycles. The Balaban J connectivity index is 1.96. The van der Waals surface area contributed by atoms with Crippen LogP contribution in [0.2, 0.25) is 0 Å². The highest BCUT2D eigenvalue weighted by Gasteiger charge is 2.33. The molecule has 0 N–H and O–H groups in total. The molecule has 1 aromatic carbocycles. The van der Waals surface area contributed by atoms with Crippen LogP contribution in [0.1, 0.15) is 37.0 Å². The number of benzene rings is 1. The summed E-state index contributed by atoms with van der Waals surface area (Å²) in [6.45, 7) is 4.41. The van der Waals surface area contributed by atoms with E-state index in [1.807, 2.05) is 18.2 Å². The van der Waals surface area contributed by atoms with Crippen LogP contribution in [-0.4, -0.2) is 16.9 Å². The molecule has 0 unspecified atom stereocenters. The third kappa shape index (κ3) is 3.14. The summed E-state index contributed by atoms with van der Waals surface area (Å²) in [5.41, 5.74) is 0.638. The van der Waals surface area contributed by atoms with E-state index in [1.54, 1.807) is 12.1 Å². The summed E-state index contributed by atoms with van der Waals surface area (Å²) >= 11 is 3.72. The molecule has 0 spiro atoms. The molecule has 2 nitrogen and oxygen atoms in total. The lowest BCUT2D eigenvalue weighted by atomic mass is 9.81. The second-order valence-electron chi connectivity index (χ2n) is 5.26. The molecule has 3 heteroatoms. The Hall–Kier alpha value is -0.830. The van der Waals surface area contributed by atoms with Crippen LogP contribution >= 0.6 is 15.9 Å². The topological polar surface area (TPSA) is 26.3 Å². The maximum Gasteiger partial charge on any atom is 0.338 e. The lowest BCUT2D eigenvalue weighted by molar-refractivity contribution is 0.00963. The molecule has 0 bridgehead atoms. The van der Waals surface area contributed by atoms with Crippen molar-refractivity contribution in [3.8, 4) is 0 Å². The van der Waals surface area contributed by atoms with E-state index in [2.05, 4.69) is 29.8 Å². The number of halogens is 1. The summed E-state index contributed by atoms with van der Waals surface area (Å²) in [5.74, 6) is 0.887. The predicted octanol–water partition coefficient (Wildman–Crippen LogP) is 4.04. The van der Waals surface area contributed by atoms with Crippen LogP contribution in [0.5, 0.6) is 0 Å². The number of esters is 1. The van der Waals surface area contributed by atoms with E-state index >= 15 is 0 Å². The van der Waals surface area contributed by atoms with Gasteiger partial charge in [0.1, 0.15) is 6.10 Å². The Morgan fingerprint density at radius 2 is 1.72 bits per heavy atom. The van der Waals surface area contributed by atoms with Gasteiger partial charge in [0.15, 0.2) is 0 Å². The van der Waals surface area contributed by atoms with Crippen molar-refractivity contribution in [3.05, 3.63) is 35.9 Å². The van der Waals surface area contributed by atoms with Crippen LogP contribution < -0.4 is 0 Å². The lowest BCUT2D eigenvalue weighted by Crippen LogP contribution is -2.35. The minimum Gasteiger partial charge on any atom is -0.459 e. The summed E-state index contributed by atoms with van der Waals surface area (Å²) < 4.78 is 5.61. The van der Waals surface area contributed by atoms with Crippen LogP contribution in [0.3, 0.4) is 0 Å². The fraction of sp³-hybridized carbons (Fsp3) is 0.533. The van der Waals surface area contributed by atoms with E-state index in [-0.39, 0.29) is 12.1 Å². The number of hydrogen-bond acceptors (Lipinski definition) is 2. The van der Waals surface area contributed by atoms with Gasteiger partial charge in [0.2, 0.25) is 0 Å². The normalized spacial score (nSPS) is 31.9. The summed E-state index contributed by atoms with van der Waals surface area (Å²) in [6.07, 6.45) is 1.94. The van der Waals surface area contributed by atoms with Gasteiger partial charge in [0, 0.05) is 4.83 Å². The van der Waals surface area contributed by atoms with Gasteiger partial charge >= 0.3 is 5.97 Å². The smallest absolute Gasteiger partial charge is 0.338 e. The Morgan fingerprint density at radius 1 is 1.17 bits per heavy atom. The van der Waals surface area contributed by atoms with Crippen molar-refractivity contribution in [3.63, 3.8) is 0 Å². The van der Waals surface area contributed by atoms with Crippen molar-refractivity contribution in [1.82, 2.24) is 0 Å². The highest BCUT2D eigenvalue weighted by atomic mass is 79.9. The van der Waals surface area contributed by atoms with Gasteiger partial charge in [-0.15, -0.1) is 0 Å². The largest absolute Gasteiger partial charge is 0.459 e. The molecular formula is C15H19BrO2. The van der Waals surface area contributed by atoms with Crippen LogP contribution in [0, 0.1) is 11.8 Å². The number of carbonyl (C=O) groups is 1. The molecule has 1 aromatic rings. The molecule has 98 valence electrons. The minimum atomic E-state index is -0.201. The van der Waals surface area contributed by atoms with Gasteiger partial charge in [-0.1, -0.05) is 48.0 Å². The number of ether oxygens (including phenoxy) is 1.